The number of hydrogen-bond acceptors (Lipinski definition) is 19. The molecular weight excluding hydrogens is 974 g/mol. The maximum atomic E-state index is 8.48. The number of likely N-dealkylation sites (N-methyl/N-ethyl adjacent to an activating group) is 1. The molecule has 0 unspecified atom stereocenters. The lowest BCUT2D eigenvalue weighted by Crippen LogP contribution is -2.36. The summed E-state index contributed by atoms with van der Waals surface area (Å²) in [6.07, 6.45) is 0.935. The van der Waals surface area contributed by atoms with E-state index in [1.165, 1.54) is 17.2 Å². The highest BCUT2D eigenvalue weighted by molar-refractivity contribution is 7.99. The minimum absolute atomic E-state index is 0.602. The van der Waals surface area contributed by atoms with Crippen molar-refractivity contribution < 1.29 is 57.9 Å². The molecule has 2 fully saturated rings. The highest BCUT2D eigenvalue weighted by atomic mass is 35.5. The largest absolute Gasteiger partial charge is 0.569 e. The van der Waals surface area contributed by atoms with Crippen LogP contribution in [-0.2, 0) is 9.47 Å². The van der Waals surface area contributed by atoms with Gasteiger partial charge in [-0.15, -0.1) is 11.6 Å². The van der Waals surface area contributed by atoms with Gasteiger partial charge in [0.15, 0.2) is 0 Å². The summed E-state index contributed by atoms with van der Waals surface area (Å²) in [4.78, 5) is 6.74. The number of hydrogen-bond donors (Lipinski definition) is 8. The molecule has 0 atom stereocenters. The summed E-state index contributed by atoms with van der Waals surface area (Å²) < 4.78 is 34.2. The van der Waals surface area contributed by atoms with Crippen LogP contribution in [0.3, 0.4) is 0 Å². The van der Waals surface area contributed by atoms with E-state index in [-0.39, 0.29) is 0 Å². The maximum Gasteiger partial charge on any atom is 0.569 e. The van der Waals surface area contributed by atoms with E-state index >= 15 is 0 Å². The number of thioether (sulfide) groups is 1. The minimum Gasteiger partial charge on any atom is -0.537 e. The van der Waals surface area contributed by atoms with Crippen molar-refractivity contribution in [1.29, 1.82) is 0 Å². The Balaban J connectivity index is 0.000000241. The minimum atomic E-state index is 0.602. The van der Waals surface area contributed by atoms with Gasteiger partial charge in [0.1, 0.15) is 28.7 Å². The van der Waals surface area contributed by atoms with E-state index in [9.17, 15) is 0 Å². The zero-order valence-corrected chi connectivity index (χ0v) is 43.3. The van der Waals surface area contributed by atoms with Crippen LogP contribution in [-0.4, -0.2) is 179 Å². The lowest BCUT2D eigenvalue weighted by atomic mass is 10.2. The van der Waals surface area contributed by atoms with E-state index in [0.29, 0.717) is 79.7 Å². The summed E-state index contributed by atoms with van der Waals surface area (Å²) in [6, 6.07) is 37.4. The molecule has 0 aromatic heterocycles. The van der Waals surface area contributed by atoms with Gasteiger partial charge in [0, 0.05) is 105 Å². The summed E-state index contributed by atoms with van der Waals surface area (Å²) in [6.45, 7) is 9.81. The molecule has 25 heteroatoms. The monoisotopic (exact) mass is 1040 g/mol. The van der Waals surface area contributed by atoms with Gasteiger partial charge in [0.25, 0.3) is 0 Å². The van der Waals surface area contributed by atoms with Gasteiger partial charge in [-0.2, -0.15) is 11.8 Å². The smallest absolute Gasteiger partial charge is 0.537 e. The third-order valence-corrected chi connectivity index (χ3v) is 11.3. The van der Waals surface area contributed by atoms with Crippen molar-refractivity contribution in [2.45, 2.75) is 6.42 Å². The highest BCUT2D eigenvalue weighted by Crippen LogP contribution is 2.23. The van der Waals surface area contributed by atoms with Gasteiger partial charge < -0.3 is 88.5 Å². The number of morpholine rings is 1. The van der Waals surface area contributed by atoms with Gasteiger partial charge in [0.2, 0.25) is 0 Å². The number of nitrogens with zero attached hydrogens (tertiary/aromatic N) is 3. The van der Waals surface area contributed by atoms with Crippen LogP contribution in [0, 0.1) is 0 Å². The first-order chi connectivity index (χ1) is 35.7. The molecule has 2 aliphatic heterocycles. The first kappa shape index (κ1) is 62.0. The molecule has 73 heavy (non-hydrogen) atoms. The van der Waals surface area contributed by atoms with Gasteiger partial charge in [-0.05, 0) is 142 Å². The summed E-state index contributed by atoms with van der Waals surface area (Å²) in [7, 11) is 9.12. The Bertz CT molecular complexity index is 1960. The van der Waals surface area contributed by atoms with E-state index < -0.39 is 0 Å². The fraction of sp³-hybridized carbons (Fsp3) is 0.375. The molecule has 389 valence electrons. The van der Waals surface area contributed by atoms with Gasteiger partial charge in [-0.1, -0.05) is 0 Å². The molecule has 5 radical (unpaired) electrons. The number of rotatable bonds is 24. The quantitative estimate of drug-likeness (QED) is 0.0244. The van der Waals surface area contributed by atoms with Crippen molar-refractivity contribution >= 4 is 90.2 Å². The highest BCUT2D eigenvalue weighted by Gasteiger charge is 2.12. The van der Waals surface area contributed by atoms with Crippen LogP contribution in [0.25, 0.3) is 0 Å². The lowest BCUT2D eigenvalue weighted by Gasteiger charge is -2.28. The van der Waals surface area contributed by atoms with E-state index in [1.807, 2.05) is 111 Å². The molecule has 18 nitrogen and oxygen atoms in total. The SMILES string of the molecule is CN(C)CCNc1ccc(O[B]O)cc1.COCCNc1ccc(O[B]O)cc1.O[B]Oc1ccc(N2CCOCC2)cc1.O[B]Oc1ccc(N2CCSCC2)cc1.O[B]Oc1ccc(NCCCCl)cc1. The van der Waals surface area contributed by atoms with E-state index in [2.05, 4.69) is 30.7 Å². The van der Waals surface area contributed by atoms with Gasteiger partial charge >= 0.3 is 38.4 Å². The van der Waals surface area contributed by atoms with Crippen LogP contribution in [0.1, 0.15) is 6.42 Å². The molecule has 5 aromatic carbocycles. The van der Waals surface area contributed by atoms with Crippen molar-refractivity contribution in [2.24, 2.45) is 0 Å². The number of benzene rings is 5. The molecule has 7 rings (SSSR count). The lowest BCUT2D eigenvalue weighted by molar-refractivity contribution is 0.122. The third kappa shape index (κ3) is 28.1. The van der Waals surface area contributed by atoms with Gasteiger partial charge in [-0.25, -0.2) is 0 Å². The van der Waals surface area contributed by atoms with Crippen LogP contribution in [0.4, 0.5) is 28.4 Å². The predicted octanol–water partition coefficient (Wildman–Crippen LogP) is 4.42. The third-order valence-electron chi connectivity index (χ3n) is 10.1. The van der Waals surface area contributed by atoms with Crippen LogP contribution in [0.15, 0.2) is 121 Å². The van der Waals surface area contributed by atoms with E-state index in [4.69, 9.17) is 69.5 Å². The van der Waals surface area contributed by atoms with Crippen molar-refractivity contribution in [2.75, 3.05) is 137 Å². The number of halogens is 1. The molecule has 0 amide bonds. The zero-order chi connectivity index (χ0) is 52.6. The van der Waals surface area contributed by atoms with Crippen LogP contribution in [0.5, 0.6) is 28.7 Å². The fourth-order valence-electron chi connectivity index (χ4n) is 6.39. The number of methoxy groups -OCH3 is 1. The zero-order valence-electron chi connectivity index (χ0n) is 41.8. The van der Waals surface area contributed by atoms with Crippen LogP contribution >= 0.6 is 23.4 Å². The van der Waals surface area contributed by atoms with E-state index in [1.54, 1.807) is 43.5 Å². The first-order valence-corrected chi connectivity index (χ1v) is 25.1. The molecule has 0 spiro atoms. The average Bonchev–Trinajstić information content (AvgIpc) is 3.42. The molecule has 2 saturated heterocycles. The summed E-state index contributed by atoms with van der Waals surface area (Å²) in [5, 5.41) is 51.8. The molecule has 2 heterocycles. The van der Waals surface area contributed by atoms with Crippen LogP contribution < -0.4 is 49.0 Å². The molecule has 0 bridgehead atoms. The Kier molecular flexibility index (Phi) is 34.1. The number of alkyl halides is 1. The second kappa shape index (κ2) is 40.2. The van der Waals surface area contributed by atoms with Crippen molar-refractivity contribution in [3.05, 3.63) is 121 Å². The van der Waals surface area contributed by atoms with Crippen molar-refractivity contribution in [1.82, 2.24) is 4.90 Å². The van der Waals surface area contributed by atoms with E-state index in [0.717, 1.165) is 94.7 Å². The Hall–Kier alpha value is -5.26. The van der Waals surface area contributed by atoms with Gasteiger partial charge in [-0.3, -0.25) is 0 Å². The molecule has 0 saturated carbocycles. The topological polar surface area (TPSA) is 212 Å². The number of anilines is 5. The standard InChI is InChI=1S/C10H16BN2O2.C10H13BNO3.C10H13BNO2S.C9H12BClNO2.C9H13BNO3/c1-13(2)8-7-12-9-3-5-10(6-4-9)15-11-14;13-11-15-10-3-1-9(2-4-10)12-5-7-14-8-6-12;13-11-14-10-3-1-9(2-4-10)12-5-7-15-8-6-12;11-6-1-7-12-8-2-4-9(5-3-8)14-10-13;1-13-7-6-11-8-2-4-9(5-3-8)14-10-12/h3-6,12,14H,7-8H2,1-2H3;2*1-4,13H,5-8H2;2-5,12-13H,1,6-7H2;2-5,11-12H,6-7H2,1H3. The molecule has 8 N–H and O–H groups in total. The molecular formula is C48H67B5ClN6O12S. The Labute approximate surface area is 444 Å². The summed E-state index contributed by atoms with van der Waals surface area (Å²) >= 11 is 7.54. The first-order valence-electron chi connectivity index (χ1n) is 23.4. The van der Waals surface area contributed by atoms with Crippen LogP contribution in [0.2, 0.25) is 0 Å². The number of nitrogens with one attached hydrogen (secondary N) is 3. The molecule has 2 aliphatic rings. The summed E-state index contributed by atoms with van der Waals surface area (Å²) in [5.74, 6) is 6.18. The fourth-order valence-corrected chi connectivity index (χ4v) is 7.43. The predicted molar refractivity (Wildman–Crippen MR) is 299 cm³/mol. The number of ether oxygens (including phenoxy) is 2. The van der Waals surface area contributed by atoms with Crippen molar-refractivity contribution in [3.8, 4) is 28.7 Å². The summed E-state index contributed by atoms with van der Waals surface area (Å²) in [5.41, 5.74) is 5.43. The molecule has 0 aliphatic carbocycles. The average molecular weight is 1040 g/mol. The Morgan fingerprint density at radius 2 is 0.863 bits per heavy atom. The Morgan fingerprint density at radius 3 is 1.21 bits per heavy atom. The second-order valence-electron chi connectivity index (χ2n) is 15.5. The normalized spacial score (nSPS) is 12.4. The van der Waals surface area contributed by atoms with Crippen molar-refractivity contribution in [3.63, 3.8) is 0 Å². The Morgan fingerprint density at radius 1 is 0.521 bits per heavy atom. The van der Waals surface area contributed by atoms with Gasteiger partial charge in [0.05, 0.1) is 19.8 Å². The molecule has 5 aromatic rings. The maximum absolute atomic E-state index is 8.48. The second-order valence-corrected chi connectivity index (χ2v) is 17.1.